The van der Waals surface area contributed by atoms with Crippen LogP contribution in [0.5, 0.6) is 0 Å². The molecule has 2 aromatic heterocycles. The number of aromatic nitrogens is 1. The van der Waals surface area contributed by atoms with Gasteiger partial charge in [0.05, 0.1) is 5.71 Å². The summed E-state index contributed by atoms with van der Waals surface area (Å²) in [6, 6.07) is 8.18. The van der Waals surface area contributed by atoms with Crippen molar-refractivity contribution in [2.45, 2.75) is 6.10 Å². The molecule has 126 valence electrons. The van der Waals surface area contributed by atoms with E-state index in [-0.39, 0.29) is 16.8 Å². The zero-order chi connectivity index (χ0) is 17.8. The Balaban J connectivity index is 2.06. The minimum absolute atomic E-state index is 0.0779. The molecule has 1 aromatic carbocycles. The van der Waals surface area contributed by atoms with Gasteiger partial charge in [-0.3, -0.25) is 10.4 Å². The summed E-state index contributed by atoms with van der Waals surface area (Å²) in [5.74, 6) is -1.56. The third-order valence-corrected chi connectivity index (χ3v) is 4.35. The molecule has 0 bridgehead atoms. The van der Waals surface area contributed by atoms with E-state index in [0.717, 1.165) is 17.7 Å². The molecule has 0 aliphatic rings. The van der Waals surface area contributed by atoms with Crippen LogP contribution in [0.3, 0.4) is 0 Å². The van der Waals surface area contributed by atoms with Crippen LogP contribution in [0.1, 0.15) is 22.8 Å². The molecule has 0 saturated carbocycles. The molecule has 3 aromatic rings. The van der Waals surface area contributed by atoms with E-state index in [1.54, 1.807) is 24.4 Å². The standard InChI is InChI=1S/C19H14F2N2OS/c20-14-3-4-15(17(21)9-14)18(22)16(8-12-5-7-25-11-12)19(24)13-2-1-6-23-10-13/h1-11,19,22,24H. The zero-order valence-electron chi connectivity index (χ0n) is 13.0. The fraction of sp³-hybridized carbons (Fsp3) is 0.0526. The predicted octanol–water partition coefficient (Wildman–Crippen LogP) is 4.61. The number of nitrogens with zero attached hydrogens (tertiary/aromatic N) is 1. The fourth-order valence-electron chi connectivity index (χ4n) is 2.39. The zero-order valence-corrected chi connectivity index (χ0v) is 13.8. The van der Waals surface area contributed by atoms with Gasteiger partial charge in [-0.25, -0.2) is 8.78 Å². The molecule has 0 amide bonds. The molecule has 2 N–H and O–H groups in total. The van der Waals surface area contributed by atoms with Crippen LogP contribution in [-0.4, -0.2) is 15.8 Å². The highest BCUT2D eigenvalue weighted by molar-refractivity contribution is 7.08. The fourth-order valence-corrected chi connectivity index (χ4v) is 3.01. The smallest absolute Gasteiger partial charge is 0.135 e. The van der Waals surface area contributed by atoms with Gasteiger partial charge in [-0.1, -0.05) is 6.07 Å². The molecule has 1 unspecified atom stereocenters. The van der Waals surface area contributed by atoms with Crippen molar-refractivity contribution in [3.05, 3.63) is 93.4 Å². The van der Waals surface area contributed by atoms with Crippen molar-refractivity contribution in [2.24, 2.45) is 0 Å². The van der Waals surface area contributed by atoms with Crippen LogP contribution in [0.2, 0.25) is 0 Å². The predicted molar refractivity (Wildman–Crippen MR) is 94.7 cm³/mol. The van der Waals surface area contributed by atoms with E-state index >= 15 is 0 Å². The number of hydrogen-bond donors (Lipinski definition) is 2. The molecule has 0 saturated heterocycles. The van der Waals surface area contributed by atoms with Crippen molar-refractivity contribution < 1.29 is 13.9 Å². The van der Waals surface area contributed by atoms with Gasteiger partial charge in [0.25, 0.3) is 0 Å². The van der Waals surface area contributed by atoms with Crippen LogP contribution in [-0.2, 0) is 0 Å². The summed E-state index contributed by atoms with van der Waals surface area (Å²) in [4.78, 5) is 3.97. The molecule has 0 radical (unpaired) electrons. The maximum atomic E-state index is 14.1. The van der Waals surface area contributed by atoms with E-state index in [2.05, 4.69) is 4.98 Å². The second-order valence-electron chi connectivity index (χ2n) is 5.34. The largest absolute Gasteiger partial charge is 0.384 e. The highest BCUT2D eigenvalue weighted by atomic mass is 32.1. The maximum absolute atomic E-state index is 14.1. The van der Waals surface area contributed by atoms with E-state index in [9.17, 15) is 13.9 Å². The summed E-state index contributed by atoms with van der Waals surface area (Å²) in [5.41, 5.74) is 1.19. The lowest BCUT2D eigenvalue weighted by Gasteiger charge is -2.17. The van der Waals surface area contributed by atoms with E-state index in [4.69, 9.17) is 5.41 Å². The number of benzene rings is 1. The maximum Gasteiger partial charge on any atom is 0.135 e. The highest BCUT2D eigenvalue weighted by Crippen LogP contribution is 2.28. The Morgan fingerprint density at radius 3 is 2.72 bits per heavy atom. The molecule has 25 heavy (non-hydrogen) atoms. The van der Waals surface area contributed by atoms with Gasteiger partial charge >= 0.3 is 0 Å². The first-order chi connectivity index (χ1) is 12.1. The third kappa shape index (κ3) is 3.87. The Labute approximate surface area is 147 Å². The summed E-state index contributed by atoms with van der Waals surface area (Å²) in [6.07, 6.45) is 3.52. The molecule has 0 spiro atoms. The van der Waals surface area contributed by atoms with Crippen molar-refractivity contribution >= 4 is 23.1 Å². The Kier molecular flexibility index (Phi) is 5.11. The quantitative estimate of drug-likeness (QED) is 0.656. The van der Waals surface area contributed by atoms with Crippen molar-refractivity contribution in [3.63, 3.8) is 0 Å². The normalized spacial score (nSPS) is 12.8. The summed E-state index contributed by atoms with van der Waals surface area (Å²) >= 11 is 1.47. The molecule has 0 fully saturated rings. The second kappa shape index (κ2) is 7.46. The van der Waals surface area contributed by atoms with Gasteiger partial charge in [0.2, 0.25) is 0 Å². The summed E-state index contributed by atoms with van der Waals surface area (Å²) in [7, 11) is 0. The van der Waals surface area contributed by atoms with E-state index in [1.807, 2.05) is 16.8 Å². The van der Waals surface area contributed by atoms with Gasteiger partial charge in [0, 0.05) is 35.2 Å². The second-order valence-corrected chi connectivity index (χ2v) is 6.12. The first kappa shape index (κ1) is 17.1. The Hall–Kier alpha value is -2.70. The highest BCUT2D eigenvalue weighted by Gasteiger charge is 2.21. The SMILES string of the molecule is N=C(C(=Cc1ccsc1)C(O)c1cccnc1)c1ccc(F)cc1F. The van der Waals surface area contributed by atoms with Crippen molar-refractivity contribution in [1.82, 2.24) is 4.98 Å². The number of halogens is 2. The topological polar surface area (TPSA) is 57.0 Å². The third-order valence-electron chi connectivity index (χ3n) is 3.65. The Morgan fingerprint density at radius 2 is 2.08 bits per heavy atom. The minimum atomic E-state index is -1.16. The Morgan fingerprint density at radius 1 is 1.24 bits per heavy atom. The van der Waals surface area contributed by atoms with Crippen molar-refractivity contribution in [1.29, 1.82) is 5.41 Å². The lowest BCUT2D eigenvalue weighted by molar-refractivity contribution is 0.222. The monoisotopic (exact) mass is 356 g/mol. The van der Waals surface area contributed by atoms with Crippen molar-refractivity contribution in [3.8, 4) is 0 Å². The van der Waals surface area contributed by atoms with Crippen LogP contribution in [0, 0.1) is 17.0 Å². The van der Waals surface area contributed by atoms with Gasteiger partial charge in [-0.2, -0.15) is 11.3 Å². The molecule has 6 heteroatoms. The van der Waals surface area contributed by atoms with Gasteiger partial charge < -0.3 is 5.11 Å². The number of rotatable bonds is 5. The van der Waals surface area contributed by atoms with Crippen LogP contribution in [0.25, 0.3) is 6.08 Å². The molecule has 3 rings (SSSR count). The van der Waals surface area contributed by atoms with Crippen LogP contribution < -0.4 is 0 Å². The molecule has 0 aliphatic heterocycles. The number of pyridine rings is 1. The first-order valence-electron chi connectivity index (χ1n) is 7.42. The van der Waals surface area contributed by atoms with Gasteiger partial charge in [-0.05, 0) is 46.7 Å². The van der Waals surface area contributed by atoms with Crippen LogP contribution in [0.4, 0.5) is 8.78 Å². The Bertz CT molecular complexity index is 908. The molecule has 2 heterocycles. The lowest BCUT2D eigenvalue weighted by Crippen LogP contribution is -2.14. The summed E-state index contributed by atoms with van der Waals surface area (Å²) in [6.45, 7) is 0. The number of thiophene rings is 1. The molecular formula is C19H14F2N2OS. The van der Waals surface area contributed by atoms with Crippen LogP contribution in [0.15, 0.2) is 65.1 Å². The average molecular weight is 356 g/mol. The molecule has 1 atom stereocenters. The number of hydrogen-bond acceptors (Lipinski definition) is 4. The first-order valence-corrected chi connectivity index (χ1v) is 8.36. The summed E-state index contributed by atoms with van der Waals surface area (Å²) < 4.78 is 27.3. The number of aliphatic hydroxyl groups excluding tert-OH is 1. The average Bonchev–Trinajstić information content (AvgIpc) is 3.12. The number of aliphatic hydroxyl groups is 1. The van der Waals surface area contributed by atoms with Crippen LogP contribution >= 0.6 is 11.3 Å². The lowest BCUT2D eigenvalue weighted by atomic mass is 9.93. The molecular weight excluding hydrogens is 342 g/mol. The minimum Gasteiger partial charge on any atom is -0.384 e. The molecule has 3 nitrogen and oxygen atoms in total. The van der Waals surface area contributed by atoms with Gasteiger partial charge in [0.1, 0.15) is 17.7 Å². The van der Waals surface area contributed by atoms with Crippen molar-refractivity contribution in [2.75, 3.05) is 0 Å². The van der Waals surface area contributed by atoms with Gasteiger partial charge in [-0.15, -0.1) is 0 Å². The van der Waals surface area contributed by atoms with Gasteiger partial charge in [0.15, 0.2) is 0 Å². The molecule has 0 aliphatic carbocycles. The van der Waals surface area contributed by atoms with E-state index in [1.165, 1.54) is 23.6 Å². The number of nitrogens with one attached hydrogen (secondary N) is 1. The summed E-state index contributed by atoms with van der Waals surface area (Å²) in [5, 5.41) is 22.8. The van der Waals surface area contributed by atoms with E-state index < -0.39 is 17.7 Å². The van der Waals surface area contributed by atoms with E-state index in [0.29, 0.717) is 5.56 Å².